The lowest BCUT2D eigenvalue weighted by Gasteiger charge is -2.05. The van der Waals surface area contributed by atoms with E-state index in [-0.39, 0.29) is 6.03 Å². The van der Waals surface area contributed by atoms with Crippen LogP contribution in [0.5, 0.6) is 0 Å². The zero-order valence-corrected chi connectivity index (χ0v) is 11.7. The molecule has 0 saturated heterocycles. The lowest BCUT2D eigenvalue weighted by molar-refractivity contribution is 0.239. The first-order valence-electron chi connectivity index (χ1n) is 6.80. The Labute approximate surface area is 125 Å². The molecule has 2 amide bonds. The molecule has 0 aliphatic carbocycles. The maximum atomic E-state index is 11.6. The molecule has 3 aromatic heterocycles. The zero-order chi connectivity index (χ0) is 15.2. The van der Waals surface area contributed by atoms with Crippen molar-refractivity contribution in [1.82, 2.24) is 25.8 Å². The second kappa shape index (κ2) is 6.61. The number of urea groups is 1. The summed E-state index contributed by atoms with van der Waals surface area (Å²) in [5.41, 5.74) is 0. The van der Waals surface area contributed by atoms with Crippen LogP contribution in [0.3, 0.4) is 0 Å². The van der Waals surface area contributed by atoms with Crippen LogP contribution in [0.15, 0.2) is 45.6 Å². The van der Waals surface area contributed by atoms with Gasteiger partial charge < -0.3 is 19.5 Å². The molecule has 0 fully saturated rings. The number of furan rings is 2. The number of aromatic nitrogens is 3. The van der Waals surface area contributed by atoms with Crippen LogP contribution in [-0.2, 0) is 13.0 Å². The quantitative estimate of drug-likeness (QED) is 0.642. The van der Waals surface area contributed by atoms with Gasteiger partial charge in [-0.15, -0.1) is 0 Å². The molecule has 0 unspecified atom stereocenters. The largest absolute Gasteiger partial charge is 0.467 e. The van der Waals surface area contributed by atoms with Crippen LogP contribution in [0.1, 0.15) is 11.6 Å². The molecule has 22 heavy (non-hydrogen) atoms. The van der Waals surface area contributed by atoms with E-state index < -0.39 is 0 Å². The van der Waals surface area contributed by atoms with E-state index in [4.69, 9.17) is 8.83 Å². The summed E-state index contributed by atoms with van der Waals surface area (Å²) in [6, 6.07) is 6.87. The van der Waals surface area contributed by atoms with Gasteiger partial charge in [0.2, 0.25) is 5.82 Å². The summed E-state index contributed by atoms with van der Waals surface area (Å²) in [5, 5.41) is 12.3. The highest BCUT2D eigenvalue weighted by Crippen LogP contribution is 2.14. The molecule has 0 spiro atoms. The van der Waals surface area contributed by atoms with Crippen molar-refractivity contribution < 1.29 is 13.6 Å². The normalized spacial score (nSPS) is 10.5. The molecule has 3 rings (SSSR count). The molecule has 0 radical (unpaired) electrons. The Balaban J connectivity index is 1.40. The minimum atomic E-state index is -0.262. The molecule has 0 aliphatic rings. The minimum Gasteiger partial charge on any atom is -0.467 e. The van der Waals surface area contributed by atoms with E-state index >= 15 is 0 Å². The minimum absolute atomic E-state index is 0.262. The molecular weight excluding hydrogens is 286 g/mol. The van der Waals surface area contributed by atoms with E-state index in [0.717, 1.165) is 0 Å². The van der Waals surface area contributed by atoms with Crippen LogP contribution in [0, 0.1) is 0 Å². The van der Waals surface area contributed by atoms with Crippen LogP contribution >= 0.6 is 0 Å². The summed E-state index contributed by atoms with van der Waals surface area (Å²) in [4.78, 5) is 15.9. The van der Waals surface area contributed by atoms with Gasteiger partial charge in [-0.25, -0.2) is 9.78 Å². The van der Waals surface area contributed by atoms with Crippen molar-refractivity contribution in [1.29, 1.82) is 0 Å². The Morgan fingerprint density at radius 2 is 2.05 bits per heavy atom. The summed E-state index contributed by atoms with van der Waals surface area (Å²) in [7, 11) is 0. The number of carbonyl (C=O) groups is 1. The Bertz CT molecular complexity index is 703. The highest BCUT2D eigenvalue weighted by atomic mass is 16.3. The molecule has 0 bridgehead atoms. The van der Waals surface area contributed by atoms with Crippen LogP contribution in [-0.4, -0.2) is 27.8 Å². The van der Waals surface area contributed by atoms with Crippen molar-refractivity contribution >= 4 is 6.03 Å². The number of nitrogens with one attached hydrogen (secondary N) is 3. The van der Waals surface area contributed by atoms with Crippen molar-refractivity contribution in [3.8, 4) is 11.6 Å². The van der Waals surface area contributed by atoms with Gasteiger partial charge in [-0.1, -0.05) is 0 Å². The first kappa shape index (κ1) is 13.9. The lowest BCUT2D eigenvalue weighted by Crippen LogP contribution is -2.36. The van der Waals surface area contributed by atoms with Gasteiger partial charge in [0.05, 0.1) is 19.1 Å². The highest BCUT2D eigenvalue weighted by Gasteiger charge is 2.08. The summed E-state index contributed by atoms with van der Waals surface area (Å²) in [6.07, 6.45) is 3.67. The fraction of sp³-hybridized carbons (Fsp3) is 0.214. The number of hydrogen-bond acceptors (Lipinski definition) is 5. The van der Waals surface area contributed by atoms with Crippen molar-refractivity contribution in [3.05, 3.63) is 48.4 Å². The summed E-state index contributed by atoms with van der Waals surface area (Å²) < 4.78 is 10.3. The van der Waals surface area contributed by atoms with Gasteiger partial charge >= 0.3 is 6.03 Å². The van der Waals surface area contributed by atoms with E-state index in [1.54, 1.807) is 36.8 Å². The molecule has 0 aromatic carbocycles. The second-order valence-electron chi connectivity index (χ2n) is 4.52. The van der Waals surface area contributed by atoms with Crippen LogP contribution in [0.25, 0.3) is 11.6 Å². The predicted octanol–water partition coefficient (Wildman–Crippen LogP) is 1.70. The molecule has 8 heteroatoms. The SMILES string of the molecule is O=C(NCCc1nc(-c2ccco2)n[nH]1)NCc1ccco1. The zero-order valence-electron chi connectivity index (χ0n) is 11.7. The van der Waals surface area contributed by atoms with Gasteiger partial charge in [0.25, 0.3) is 0 Å². The number of amides is 2. The summed E-state index contributed by atoms with van der Waals surface area (Å²) >= 11 is 0. The molecule has 3 aromatic rings. The molecule has 0 atom stereocenters. The maximum absolute atomic E-state index is 11.6. The third kappa shape index (κ3) is 3.54. The lowest BCUT2D eigenvalue weighted by atomic mass is 10.4. The molecular formula is C14H15N5O3. The fourth-order valence-corrected chi connectivity index (χ4v) is 1.86. The van der Waals surface area contributed by atoms with Crippen molar-refractivity contribution in [3.63, 3.8) is 0 Å². The van der Waals surface area contributed by atoms with Gasteiger partial charge in [-0.2, -0.15) is 5.10 Å². The Hall–Kier alpha value is -3.03. The summed E-state index contributed by atoms with van der Waals surface area (Å²) in [5.74, 6) is 2.49. The van der Waals surface area contributed by atoms with Crippen LogP contribution in [0.4, 0.5) is 4.79 Å². The molecule has 8 nitrogen and oxygen atoms in total. The molecule has 3 heterocycles. The average molecular weight is 301 g/mol. The van der Waals surface area contributed by atoms with E-state index in [0.29, 0.717) is 42.7 Å². The average Bonchev–Trinajstić information content (AvgIpc) is 3.26. The maximum Gasteiger partial charge on any atom is 0.315 e. The summed E-state index contributed by atoms with van der Waals surface area (Å²) in [6.45, 7) is 0.792. The van der Waals surface area contributed by atoms with Crippen molar-refractivity contribution in [2.24, 2.45) is 0 Å². The van der Waals surface area contributed by atoms with Crippen LogP contribution < -0.4 is 10.6 Å². The topological polar surface area (TPSA) is 109 Å². The number of rotatable bonds is 6. The third-order valence-corrected chi connectivity index (χ3v) is 2.92. The Kier molecular flexibility index (Phi) is 4.19. The molecule has 0 saturated carbocycles. The predicted molar refractivity (Wildman–Crippen MR) is 76.7 cm³/mol. The molecule has 0 aliphatic heterocycles. The van der Waals surface area contributed by atoms with E-state index in [9.17, 15) is 4.79 Å². The van der Waals surface area contributed by atoms with E-state index in [2.05, 4.69) is 25.8 Å². The Morgan fingerprint density at radius 1 is 1.18 bits per heavy atom. The second-order valence-corrected chi connectivity index (χ2v) is 4.52. The van der Waals surface area contributed by atoms with E-state index in [1.165, 1.54) is 0 Å². The molecule has 114 valence electrons. The molecule has 3 N–H and O–H groups in total. The number of nitrogens with zero attached hydrogens (tertiary/aromatic N) is 2. The van der Waals surface area contributed by atoms with Gasteiger partial charge in [0.1, 0.15) is 11.6 Å². The first-order chi connectivity index (χ1) is 10.8. The third-order valence-electron chi connectivity index (χ3n) is 2.92. The van der Waals surface area contributed by atoms with Crippen LogP contribution in [0.2, 0.25) is 0 Å². The highest BCUT2D eigenvalue weighted by molar-refractivity contribution is 5.73. The van der Waals surface area contributed by atoms with Crippen molar-refractivity contribution in [2.45, 2.75) is 13.0 Å². The Morgan fingerprint density at radius 3 is 2.82 bits per heavy atom. The van der Waals surface area contributed by atoms with Gasteiger partial charge in [0.15, 0.2) is 5.76 Å². The number of H-pyrrole nitrogens is 1. The fourth-order valence-electron chi connectivity index (χ4n) is 1.86. The number of aromatic amines is 1. The first-order valence-corrected chi connectivity index (χ1v) is 6.80. The van der Waals surface area contributed by atoms with Crippen molar-refractivity contribution in [2.75, 3.05) is 6.54 Å². The van der Waals surface area contributed by atoms with Gasteiger partial charge in [-0.3, -0.25) is 5.10 Å². The van der Waals surface area contributed by atoms with Gasteiger partial charge in [-0.05, 0) is 24.3 Å². The number of carbonyl (C=O) groups excluding carboxylic acids is 1. The smallest absolute Gasteiger partial charge is 0.315 e. The number of hydrogen-bond donors (Lipinski definition) is 3. The van der Waals surface area contributed by atoms with E-state index in [1.807, 2.05) is 0 Å². The van der Waals surface area contributed by atoms with Gasteiger partial charge in [0, 0.05) is 13.0 Å². The standard InChI is InChI=1S/C14H15N5O3/c20-14(16-9-10-3-1-7-21-10)15-6-5-12-17-13(19-18-12)11-4-2-8-22-11/h1-4,7-8H,5-6,9H2,(H2,15,16,20)(H,17,18,19). The monoisotopic (exact) mass is 301 g/mol.